The van der Waals surface area contributed by atoms with Gasteiger partial charge in [-0.15, -0.1) is 0 Å². The van der Waals surface area contributed by atoms with Gasteiger partial charge in [0, 0.05) is 12.2 Å². The Morgan fingerprint density at radius 2 is 1.82 bits per heavy atom. The highest BCUT2D eigenvalue weighted by atomic mass is 14.9. The van der Waals surface area contributed by atoms with E-state index in [-0.39, 0.29) is 0 Å². The second-order valence-corrected chi connectivity index (χ2v) is 2.72. The molecule has 0 bridgehead atoms. The standard InChI is InChI=1S/C10H11N/c1-2-4-6-10-9(5-3-1)7-8-11-10/h1-6,11H,7-8H2/b2-1?,3-1?,4-2?,5-3?,6-4-,9-5?,10-6?. The summed E-state index contributed by atoms with van der Waals surface area (Å²) in [5.74, 6) is 0. The second kappa shape index (κ2) is 2.79. The van der Waals surface area contributed by atoms with Crippen LogP contribution in [0.15, 0.2) is 47.7 Å². The molecule has 1 heterocycles. The predicted molar refractivity (Wildman–Crippen MR) is 47.1 cm³/mol. The molecule has 0 fully saturated rings. The molecule has 0 saturated heterocycles. The molecule has 11 heavy (non-hydrogen) atoms. The second-order valence-electron chi connectivity index (χ2n) is 2.72. The van der Waals surface area contributed by atoms with Gasteiger partial charge < -0.3 is 5.32 Å². The first-order valence-corrected chi connectivity index (χ1v) is 3.95. The highest BCUT2D eigenvalue weighted by Gasteiger charge is 2.07. The van der Waals surface area contributed by atoms with Gasteiger partial charge in [0.05, 0.1) is 0 Å². The maximum absolute atomic E-state index is 3.33. The monoisotopic (exact) mass is 145 g/mol. The molecule has 0 saturated carbocycles. The third kappa shape index (κ3) is 1.27. The molecule has 0 aromatic rings. The predicted octanol–water partition coefficient (Wildman–Crippen LogP) is 1.92. The zero-order chi connectivity index (χ0) is 7.52. The van der Waals surface area contributed by atoms with E-state index in [4.69, 9.17) is 0 Å². The van der Waals surface area contributed by atoms with E-state index in [2.05, 4.69) is 35.7 Å². The molecule has 0 amide bonds. The lowest BCUT2D eigenvalue weighted by molar-refractivity contribution is 0.889. The Labute approximate surface area is 66.8 Å². The topological polar surface area (TPSA) is 12.0 Å². The van der Waals surface area contributed by atoms with E-state index in [9.17, 15) is 0 Å². The summed E-state index contributed by atoms with van der Waals surface area (Å²) in [6.07, 6.45) is 13.7. The third-order valence-corrected chi connectivity index (χ3v) is 1.95. The molecule has 2 rings (SSSR count). The van der Waals surface area contributed by atoms with E-state index in [0.717, 1.165) is 13.0 Å². The molecule has 56 valence electrons. The van der Waals surface area contributed by atoms with E-state index < -0.39 is 0 Å². The highest BCUT2D eigenvalue weighted by Crippen LogP contribution is 2.16. The van der Waals surface area contributed by atoms with Gasteiger partial charge in [-0.05, 0) is 18.1 Å². The van der Waals surface area contributed by atoms with E-state index in [0.29, 0.717) is 0 Å². The molecule has 1 aliphatic carbocycles. The fourth-order valence-corrected chi connectivity index (χ4v) is 1.37. The van der Waals surface area contributed by atoms with Crippen molar-refractivity contribution in [3.05, 3.63) is 47.7 Å². The number of allylic oxidation sites excluding steroid dienone is 6. The van der Waals surface area contributed by atoms with Gasteiger partial charge in [0.25, 0.3) is 0 Å². The average molecular weight is 145 g/mol. The van der Waals surface area contributed by atoms with Crippen LogP contribution in [0.5, 0.6) is 0 Å². The Kier molecular flexibility index (Phi) is 1.64. The lowest BCUT2D eigenvalue weighted by Gasteiger charge is -1.97. The van der Waals surface area contributed by atoms with Crippen LogP contribution >= 0.6 is 0 Å². The van der Waals surface area contributed by atoms with Gasteiger partial charge in [0.1, 0.15) is 0 Å². The van der Waals surface area contributed by atoms with Gasteiger partial charge >= 0.3 is 0 Å². The Morgan fingerprint density at radius 1 is 1.00 bits per heavy atom. The van der Waals surface area contributed by atoms with Crippen molar-refractivity contribution in [2.45, 2.75) is 6.42 Å². The molecule has 2 aliphatic rings. The van der Waals surface area contributed by atoms with Gasteiger partial charge in [-0.25, -0.2) is 0 Å². The lowest BCUT2D eigenvalue weighted by atomic mass is 10.1. The molecule has 0 radical (unpaired) electrons. The fraction of sp³-hybridized carbons (Fsp3) is 0.200. The average Bonchev–Trinajstić information content (AvgIpc) is 2.35. The zero-order valence-electron chi connectivity index (χ0n) is 6.38. The molecule has 1 N–H and O–H groups in total. The highest BCUT2D eigenvalue weighted by molar-refractivity contribution is 5.39. The minimum absolute atomic E-state index is 1.08. The van der Waals surface area contributed by atoms with Crippen molar-refractivity contribution in [2.75, 3.05) is 6.54 Å². The van der Waals surface area contributed by atoms with Gasteiger partial charge in [-0.1, -0.05) is 30.4 Å². The lowest BCUT2D eigenvalue weighted by Crippen LogP contribution is -2.04. The summed E-state index contributed by atoms with van der Waals surface area (Å²) in [5, 5.41) is 3.33. The summed E-state index contributed by atoms with van der Waals surface area (Å²) < 4.78 is 0. The summed E-state index contributed by atoms with van der Waals surface area (Å²) >= 11 is 0. The van der Waals surface area contributed by atoms with E-state index in [1.54, 1.807) is 0 Å². The number of nitrogens with one attached hydrogen (secondary N) is 1. The van der Waals surface area contributed by atoms with Gasteiger partial charge in [0.15, 0.2) is 0 Å². The van der Waals surface area contributed by atoms with Crippen LogP contribution < -0.4 is 5.32 Å². The minimum Gasteiger partial charge on any atom is -0.384 e. The zero-order valence-corrected chi connectivity index (χ0v) is 6.38. The molecule has 0 spiro atoms. The molecule has 0 aromatic carbocycles. The van der Waals surface area contributed by atoms with Gasteiger partial charge in [-0.2, -0.15) is 0 Å². The minimum atomic E-state index is 1.08. The summed E-state index contributed by atoms with van der Waals surface area (Å²) in [6.45, 7) is 1.08. The van der Waals surface area contributed by atoms with Crippen molar-refractivity contribution >= 4 is 0 Å². The number of hydrogen-bond acceptors (Lipinski definition) is 1. The van der Waals surface area contributed by atoms with Gasteiger partial charge in [0.2, 0.25) is 0 Å². The van der Waals surface area contributed by atoms with Crippen LogP contribution in [-0.4, -0.2) is 6.54 Å². The van der Waals surface area contributed by atoms with Crippen molar-refractivity contribution in [1.82, 2.24) is 5.32 Å². The first-order valence-electron chi connectivity index (χ1n) is 3.95. The summed E-state index contributed by atoms with van der Waals surface area (Å²) in [7, 11) is 0. The summed E-state index contributed by atoms with van der Waals surface area (Å²) in [4.78, 5) is 0. The fourth-order valence-electron chi connectivity index (χ4n) is 1.37. The molecule has 0 atom stereocenters. The van der Waals surface area contributed by atoms with Gasteiger partial charge in [-0.3, -0.25) is 0 Å². The van der Waals surface area contributed by atoms with Crippen LogP contribution in [0.1, 0.15) is 6.42 Å². The molecule has 1 aliphatic heterocycles. The first-order chi connectivity index (χ1) is 5.47. The quantitative estimate of drug-likeness (QED) is 0.549. The first kappa shape index (κ1) is 6.47. The van der Waals surface area contributed by atoms with Crippen molar-refractivity contribution in [3.63, 3.8) is 0 Å². The normalized spacial score (nSPS) is 24.0. The molecule has 0 unspecified atom stereocenters. The van der Waals surface area contributed by atoms with E-state index in [1.165, 1.54) is 11.3 Å². The molecular formula is C10H11N. The third-order valence-electron chi connectivity index (χ3n) is 1.95. The Morgan fingerprint density at radius 3 is 2.73 bits per heavy atom. The largest absolute Gasteiger partial charge is 0.384 e. The van der Waals surface area contributed by atoms with Crippen LogP contribution in [0, 0.1) is 0 Å². The van der Waals surface area contributed by atoms with Crippen molar-refractivity contribution in [3.8, 4) is 0 Å². The smallest absolute Gasteiger partial charge is 0.0373 e. The molecule has 1 nitrogen and oxygen atoms in total. The van der Waals surface area contributed by atoms with Crippen LogP contribution in [0.3, 0.4) is 0 Å². The Bertz CT molecular complexity index is 241. The van der Waals surface area contributed by atoms with E-state index >= 15 is 0 Å². The van der Waals surface area contributed by atoms with E-state index in [1.807, 2.05) is 6.08 Å². The summed E-state index contributed by atoms with van der Waals surface area (Å²) in [6, 6.07) is 0. The van der Waals surface area contributed by atoms with Crippen LogP contribution in [0.2, 0.25) is 0 Å². The Hall–Kier alpha value is -1.24. The van der Waals surface area contributed by atoms with Crippen molar-refractivity contribution in [2.24, 2.45) is 0 Å². The van der Waals surface area contributed by atoms with Crippen LogP contribution in [-0.2, 0) is 0 Å². The SMILES string of the molecule is C1=C/C=C\C2=C(C=C1)CCN2. The van der Waals surface area contributed by atoms with Crippen molar-refractivity contribution < 1.29 is 0 Å². The number of hydrogen-bond donors (Lipinski definition) is 1. The van der Waals surface area contributed by atoms with Crippen molar-refractivity contribution in [1.29, 1.82) is 0 Å². The molecule has 0 aromatic heterocycles. The molecular weight excluding hydrogens is 134 g/mol. The maximum Gasteiger partial charge on any atom is 0.0373 e. The maximum atomic E-state index is 3.33. The molecule has 1 heteroatoms. The van der Waals surface area contributed by atoms with Crippen LogP contribution in [0.25, 0.3) is 0 Å². The summed E-state index contributed by atoms with van der Waals surface area (Å²) in [5.41, 5.74) is 2.70. The number of rotatable bonds is 0. The van der Waals surface area contributed by atoms with Crippen LogP contribution in [0.4, 0.5) is 0 Å². The Balaban J connectivity index is 2.33.